The number of imide groups is 1. The number of carbonyl (C=O) groups excluding carboxylic acids is 2. The molecule has 0 unspecified atom stereocenters. The quantitative estimate of drug-likeness (QED) is 0.177. The average Bonchev–Trinajstić information content (AvgIpc) is 3.35. The van der Waals surface area contributed by atoms with E-state index in [4.69, 9.17) is 22.4 Å². The summed E-state index contributed by atoms with van der Waals surface area (Å²) in [7, 11) is 0. The molecule has 0 aliphatic carbocycles. The Balaban J connectivity index is 0.000000230. The summed E-state index contributed by atoms with van der Waals surface area (Å²) in [5.74, 6) is 0.0425. The van der Waals surface area contributed by atoms with Gasteiger partial charge in [0.05, 0.1) is 12.6 Å². The molecule has 1 aliphatic heterocycles. The lowest BCUT2D eigenvalue weighted by molar-refractivity contribution is -0.140. The van der Waals surface area contributed by atoms with Crippen molar-refractivity contribution < 1.29 is 14.7 Å². The number of alkyl halides is 1. The van der Waals surface area contributed by atoms with E-state index in [1.54, 1.807) is 0 Å². The number of hydrogen-bond donors (Lipinski definition) is 2. The number of rotatable bonds is 9. The minimum atomic E-state index is -0.262. The van der Waals surface area contributed by atoms with Gasteiger partial charge in [-0.25, -0.2) is 0 Å². The topological polar surface area (TPSA) is 83.6 Å². The molecule has 0 radical (unpaired) electrons. The van der Waals surface area contributed by atoms with Gasteiger partial charge in [0.2, 0.25) is 11.8 Å². The van der Waals surface area contributed by atoms with Crippen LogP contribution >= 0.6 is 24.0 Å². The van der Waals surface area contributed by atoms with Crippen LogP contribution in [0.25, 0.3) is 22.3 Å². The highest BCUT2D eigenvalue weighted by atomic mass is 35.5. The van der Waals surface area contributed by atoms with E-state index in [9.17, 15) is 9.59 Å². The number of amides is 2. The third kappa shape index (κ3) is 9.00. The Kier molecular flexibility index (Phi) is 12.6. The fourth-order valence-electron chi connectivity index (χ4n) is 4.78. The number of aliphatic hydroxyl groups excluding tert-OH is 1. The molecule has 2 amide bonds. The van der Waals surface area contributed by atoms with Crippen LogP contribution in [-0.4, -0.2) is 46.4 Å². The minimum Gasteiger partial charge on any atom is -0.395 e. The van der Waals surface area contributed by atoms with Crippen LogP contribution in [0.5, 0.6) is 0 Å². The molecule has 1 fully saturated rings. The lowest BCUT2D eigenvalue weighted by Gasteiger charge is -2.24. The zero-order chi connectivity index (χ0) is 28.3. The van der Waals surface area contributed by atoms with Gasteiger partial charge >= 0.3 is 0 Å². The largest absolute Gasteiger partial charge is 0.395 e. The molecule has 214 valence electrons. The first kappa shape index (κ1) is 32.0. The summed E-state index contributed by atoms with van der Waals surface area (Å²) in [6, 6.07) is 36.5. The first-order valence-corrected chi connectivity index (χ1v) is 14.1. The summed E-state index contributed by atoms with van der Waals surface area (Å²) < 4.78 is 0. The molecule has 1 saturated heterocycles. The Morgan fingerprint density at radius 1 is 0.659 bits per heavy atom. The first-order chi connectivity index (χ1) is 19.5. The highest BCUT2D eigenvalue weighted by molar-refractivity contribution is 6.18. The normalized spacial score (nSPS) is 14.1. The summed E-state index contributed by atoms with van der Waals surface area (Å²) in [6.07, 6.45) is 1.92. The standard InChI is InChI=1S/C19H18ClNO2.C15H17NO.ClH/c20-13-17(21-18(22)10-11-19(21)23)12-14-6-8-16(9-7-14)15-4-2-1-3-5-15;16-15(11-17)10-12-6-8-14(9-7-12)13-4-2-1-3-5-13;/h1-9,17H,10-13H2;1-9,15,17H,10-11,16H2;1H/t17-;15-;/m11./s1. The molecule has 7 heteroatoms. The van der Waals surface area contributed by atoms with Crippen molar-refractivity contribution in [3.05, 3.63) is 120 Å². The van der Waals surface area contributed by atoms with Crippen molar-refractivity contribution in [2.45, 2.75) is 37.8 Å². The molecule has 5 nitrogen and oxygen atoms in total. The molecule has 5 rings (SSSR count). The van der Waals surface area contributed by atoms with E-state index < -0.39 is 0 Å². The molecule has 0 aromatic heterocycles. The maximum absolute atomic E-state index is 11.9. The van der Waals surface area contributed by atoms with E-state index in [0.29, 0.717) is 25.7 Å². The Bertz CT molecular complexity index is 1350. The number of benzene rings is 4. The Morgan fingerprint density at radius 3 is 1.44 bits per heavy atom. The molecular formula is C34H36Cl2N2O3. The summed E-state index contributed by atoms with van der Waals surface area (Å²) >= 11 is 6.01. The maximum Gasteiger partial charge on any atom is 0.229 e. The van der Waals surface area contributed by atoms with Crippen molar-refractivity contribution in [2.24, 2.45) is 5.73 Å². The van der Waals surface area contributed by atoms with Crippen LogP contribution in [0.1, 0.15) is 24.0 Å². The second-order valence-electron chi connectivity index (χ2n) is 9.94. The number of nitrogens with zero attached hydrogens (tertiary/aromatic N) is 1. The lowest BCUT2D eigenvalue weighted by Crippen LogP contribution is -2.41. The summed E-state index contributed by atoms with van der Waals surface area (Å²) in [6.45, 7) is 0.0282. The third-order valence-electron chi connectivity index (χ3n) is 6.96. The molecule has 1 aliphatic rings. The van der Waals surface area contributed by atoms with Gasteiger partial charge in [-0.15, -0.1) is 24.0 Å². The first-order valence-electron chi connectivity index (χ1n) is 13.5. The number of aliphatic hydroxyl groups is 1. The second kappa shape index (κ2) is 16.1. The second-order valence-corrected chi connectivity index (χ2v) is 10.3. The van der Waals surface area contributed by atoms with E-state index in [-0.39, 0.29) is 48.8 Å². The average molecular weight is 592 g/mol. The van der Waals surface area contributed by atoms with Gasteiger partial charge in [-0.3, -0.25) is 14.5 Å². The zero-order valence-electron chi connectivity index (χ0n) is 22.9. The molecule has 0 spiro atoms. The van der Waals surface area contributed by atoms with Crippen molar-refractivity contribution in [2.75, 3.05) is 12.5 Å². The third-order valence-corrected chi connectivity index (χ3v) is 7.32. The number of hydrogen-bond acceptors (Lipinski definition) is 4. The van der Waals surface area contributed by atoms with E-state index in [1.165, 1.54) is 16.0 Å². The fraction of sp³-hybridized carbons (Fsp3) is 0.235. The molecule has 0 bridgehead atoms. The molecule has 4 aromatic rings. The maximum atomic E-state index is 11.9. The predicted octanol–water partition coefficient (Wildman–Crippen LogP) is 6.29. The number of nitrogens with two attached hydrogens (primary N) is 1. The van der Waals surface area contributed by atoms with E-state index in [1.807, 2.05) is 48.5 Å². The van der Waals surface area contributed by atoms with Crippen LogP contribution in [0.15, 0.2) is 109 Å². The van der Waals surface area contributed by atoms with Crippen LogP contribution in [0, 0.1) is 0 Å². The molecule has 41 heavy (non-hydrogen) atoms. The van der Waals surface area contributed by atoms with Crippen molar-refractivity contribution in [1.82, 2.24) is 4.90 Å². The zero-order valence-corrected chi connectivity index (χ0v) is 24.4. The summed E-state index contributed by atoms with van der Waals surface area (Å²) in [5, 5.41) is 8.90. The Hall–Kier alpha value is -3.48. The molecule has 0 saturated carbocycles. The van der Waals surface area contributed by atoms with Gasteiger partial charge in [0, 0.05) is 24.8 Å². The van der Waals surface area contributed by atoms with Gasteiger partial charge in [-0.05, 0) is 46.2 Å². The number of halogens is 2. The van der Waals surface area contributed by atoms with Crippen molar-refractivity contribution >= 4 is 35.8 Å². The van der Waals surface area contributed by atoms with E-state index in [0.717, 1.165) is 22.3 Å². The molecule has 3 N–H and O–H groups in total. The van der Waals surface area contributed by atoms with Crippen LogP contribution in [-0.2, 0) is 22.4 Å². The van der Waals surface area contributed by atoms with Crippen LogP contribution in [0.3, 0.4) is 0 Å². The van der Waals surface area contributed by atoms with E-state index in [2.05, 4.69) is 60.7 Å². The van der Waals surface area contributed by atoms with Gasteiger partial charge in [-0.2, -0.15) is 0 Å². The monoisotopic (exact) mass is 590 g/mol. The highest BCUT2D eigenvalue weighted by Crippen LogP contribution is 2.23. The SMILES string of the molecule is Cl.N[C@@H](CO)Cc1ccc(-c2ccccc2)cc1.O=C1CCC(=O)N1[C@@H](CCl)Cc1ccc(-c2ccccc2)cc1. The van der Waals surface area contributed by atoms with Crippen molar-refractivity contribution in [1.29, 1.82) is 0 Å². The lowest BCUT2D eigenvalue weighted by atomic mass is 10.0. The smallest absolute Gasteiger partial charge is 0.229 e. The van der Waals surface area contributed by atoms with Gasteiger partial charge in [0.25, 0.3) is 0 Å². The summed E-state index contributed by atoms with van der Waals surface area (Å²) in [5.41, 5.74) is 12.7. The van der Waals surface area contributed by atoms with Gasteiger partial charge in [-0.1, -0.05) is 109 Å². The van der Waals surface area contributed by atoms with Crippen LogP contribution in [0.4, 0.5) is 0 Å². The molecule has 2 atom stereocenters. The molecule has 4 aromatic carbocycles. The fourth-order valence-corrected chi connectivity index (χ4v) is 5.03. The Labute approximate surface area is 253 Å². The predicted molar refractivity (Wildman–Crippen MR) is 169 cm³/mol. The van der Waals surface area contributed by atoms with Gasteiger partial charge in [0.15, 0.2) is 0 Å². The molecule has 1 heterocycles. The van der Waals surface area contributed by atoms with Gasteiger partial charge in [0.1, 0.15) is 0 Å². The minimum absolute atomic E-state index is 0. The summed E-state index contributed by atoms with van der Waals surface area (Å²) in [4.78, 5) is 25.1. The molecular weight excluding hydrogens is 555 g/mol. The van der Waals surface area contributed by atoms with Crippen molar-refractivity contribution in [3.63, 3.8) is 0 Å². The van der Waals surface area contributed by atoms with E-state index >= 15 is 0 Å². The number of likely N-dealkylation sites (tertiary alicyclic amines) is 1. The van der Waals surface area contributed by atoms with Crippen LogP contribution < -0.4 is 5.73 Å². The van der Waals surface area contributed by atoms with Crippen LogP contribution in [0.2, 0.25) is 0 Å². The van der Waals surface area contributed by atoms with Gasteiger partial charge < -0.3 is 10.8 Å². The van der Waals surface area contributed by atoms with Crippen molar-refractivity contribution in [3.8, 4) is 22.3 Å². The highest BCUT2D eigenvalue weighted by Gasteiger charge is 2.34. The Morgan fingerprint density at radius 2 is 1.05 bits per heavy atom. The number of carbonyl (C=O) groups is 2.